The van der Waals surface area contributed by atoms with Crippen molar-refractivity contribution in [1.82, 2.24) is 9.80 Å². The highest BCUT2D eigenvalue weighted by atomic mass is 16.2. The third kappa shape index (κ3) is 3.80. The molecule has 1 atom stereocenters. The molecule has 3 nitrogen and oxygen atoms in total. The van der Waals surface area contributed by atoms with Crippen molar-refractivity contribution in [1.29, 1.82) is 0 Å². The minimum Gasteiger partial charge on any atom is -0.338 e. The molecule has 1 aliphatic heterocycles. The Hall–Kier alpha value is -1.35. The highest BCUT2D eigenvalue weighted by Gasteiger charge is 2.30. The molecule has 1 saturated heterocycles. The summed E-state index contributed by atoms with van der Waals surface area (Å²) in [6.45, 7) is 9.21. The van der Waals surface area contributed by atoms with Gasteiger partial charge in [-0.15, -0.1) is 0 Å². The second kappa shape index (κ2) is 6.71. The van der Waals surface area contributed by atoms with Crippen LogP contribution in [0.3, 0.4) is 0 Å². The fourth-order valence-electron chi connectivity index (χ4n) is 2.78. The molecule has 1 unspecified atom stereocenters. The van der Waals surface area contributed by atoms with E-state index in [1.165, 1.54) is 5.56 Å². The van der Waals surface area contributed by atoms with Gasteiger partial charge in [-0.25, -0.2) is 0 Å². The third-order valence-electron chi connectivity index (χ3n) is 3.92. The second-order valence-electron chi connectivity index (χ2n) is 5.32. The van der Waals surface area contributed by atoms with Crippen molar-refractivity contribution >= 4 is 5.91 Å². The standard InChI is InChI=1S/C16H24N2O/c1-3-17(4-2)11-15-10-16(19)18(13-15)12-14-8-6-5-7-9-14/h5-9,15H,3-4,10-13H2,1-2H3. The molecule has 0 N–H and O–H groups in total. The SMILES string of the molecule is CCN(CC)CC1CC(=O)N(Cc2ccccc2)C1. The Balaban J connectivity index is 1.89. The first kappa shape index (κ1) is 14.1. The maximum atomic E-state index is 12.1. The maximum absolute atomic E-state index is 12.1. The van der Waals surface area contributed by atoms with Gasteiger partial charge in [-0.05, 0) is 24.6 Å². The van der Waals surface area contributed by atoms with Gasteiger partial charge in [0.05, 0.1) is 0 Å². The summed E-state index contributed by atoms with van der Waals surface area (Å²) in [6.07, 6.45) is 0.712. The quantitative estimate of drug-likeness (QED) is 0.784. The van der Waals surface area contributed by atoms with E-state index < -0.39 is 0 Å². The molecular weight excluding hydrogens is 236 g/mol. The Morgan fingerprint density at radius 2 is 1.89 bits per heavy atom. The first-order valence-electron chi connectivity index (χ1n) is 7.27. The normalized spacial score (nSPS) is 19.4. The van der Waals surface area contributed by atoms with Crippen LogP contribution in [0.15, 0.2) is 30.3 Å². The number of carbonyl (C=O) groups is 1. The van der Waals surface area contributed by atoms with Gasteiger partial charge in [0.1, 0.15) is 0 Å². The van der Waals surface area contributed by atoms with E-state index in [0.717, 1.165) is 32.7 Å². The molecule has 0 aromatic heterocycles. The summed E-state index contributed by atoms with van der Waals surface area (Å²) in [7, 11) is 0. The topological polar surface area (TPSA) is 23.6 Å². The number of likely N-dealkylation sites (tertiary alicyclic amines) is 1. The maximum Gasteiger partial charge on any atom is 0.223 e. The number of benzene rings is 1. The summed E-state index contributed by atoms with van der Waals surface area (Å²) >= 11 is 0. The smallest absolute Gasteiger partial charge is 0.223 e. The molecule has 0 bridgehead atoms. The van der Waals surface area contributed by atoms with Crippen LogP contribution in [0, 0.1) is 5.92 Å². The predicted octanol–water partition coefficient (Wildman–Crippen LogP) is 2.38. The summed E-state index contributed by atoms with van der Waals surface area (Å²) in [4.78, 5) is 16.5. The molecule has 3 heteroatoms. The van der Waals surface area contributed by atoms with Gasteiger partial charge in [0.2, 0.25) is 5.91 Å². The fourth-order valence-corrected chi connectivity index (χ4v) is 2.78. The summed E-state index contributed by atoms with van der Waals surface area (Å²) < 4.78 is 0. The van der Waals surface area contributed by atoms with Crippen molar-refractivity contribution in [2.45, 2.75) is 26.8 Å². The van der Waals surface area contributed by atoms with Crippen LogP contribution < -0.4 is 0 Å². The zero-order valence-corrected chi connectivity index (χ0v) is 12.0. The van der Waals surface area contributed by atoms with E-state index in [4.69, 9.17) is 0 Å². The van der Waals surface area contributed by atoms with Crippen molar-refractivity contribution in [2.24, 2.45) is 5.92 Å². The lowest BCUT2D eigenvalue weighted by atomic mass is 10.1. The molecule has 0 saturated carbocycles. The van der Waals surface area contributed by atoms with Crippen molar-refractivity contribution in [3.8, 4) is 0 Å². The molecule has 1 amide bonds. The lowest BCUT2D eigenvalue weighted by molar-refractivity contribution is -0.128. The highest BCUT2D eigenvalue weighted by molar-refractivity contribution is 5.78. The molecule has 19 heavy (non-hydrogen) atoms. The summed E-state index contributed by atoms with van der Waals surface area (Å²) in [5.41, 5.74) is 1.22. The van der Waals surface area contributed by atoms with Crippen LogP contribution in [0.2, 0.25) is 0 Å². The molecule has 1 fully saturated rings. The van der Waals surface area contributed by atoms with Gasteiger partial charge < -0.3 is 9.80 Å². The van der Waals surface area contributed by atoms with Crippen molar-refractivity contribution in [3.63, 3.8) is 0 Å². The number of nitrogens with zero attached hydrogens (tertiary/aromatic N) is 2. The van der Waals surface area contributed by atoms with Gasteiger partial charge in [-0.1, -0.05) is 44.2 Å². The third-order valence-corrected chi connectivity index (χ3v) is 3.92. The molecule has 0 spiro atoms. The Morgan fingerprint density at radius 1 is 1.21 bits per heavy atom. The van der Waals surface area contributed by atoms with Crippen LogP contribution in [0.25, 0.3) is 0 Å². The van der Waals surface area contributed by atoms with Gasteiger partial charge >= 0.3 is 0 Å². The van der Waals surface area contributed by atoms with Gasteiger partial charge in [-0.3, -0.25) is 4.79 Å². The zero-order valence-electron chi connectivity index (χ0n) is 12.0. The number of rotatable bonds is 6. The minimum absolute atomic E-state index is 0.306. The molecule has 1 aromatic carbocycles. The van der Waals surface area contributed by atoms with Gasteiger partial charge in [-0.2, -0.15) is 0 Å². The first-order valence-corrected chi connectivity index (χ1v) is 7.27. The molecular formula is C16H24N2O. The van der Waals surface area contributed by atoms with Crippen molar-refractivity contribution in [3.05, 3.63) is 35.9 Å². The highest BCUT2D eigenvalue weighted by Crippen LogP contribution is 2.21. The van der Waals surface area contributed by atoms with Gasteiger partial charge in [0.25, 0.3) is 0 Å². The second-order valence-corrected chi connectivity index (χ2v) is 5.32. The number of amides is 1. The number of hydrogen-bond donors (Lipinski definition) is 0. The van der Waals surface area contributed by atoms with E-state index in [1.807, 2.05) is 23.1 Å². The van der Waals surface area contributed by atoms with E-state index in [2.05, 4.69) is 30.9 Å². The Kier molecular flexibility index (Phi) is 4.97. The molecule has 1 heterocycles. The van der Waals surface area contributed by atoms with Gasteiger partial charge in [0.15, 0.2) is 0 Å². The van der Waals surface area contributed by atoms with Crippen LogP contribution in [-0.4, -0.2) is 41.9 Å². The van der Waals surface area contributed by atoms with Crippen molar-refractivity contribution < 1.29 is 4.79 Å². The Bertz CT molecular complexity index is 400. The summed E-state index contributed by atoms with van der Waals surface area (Å²) in [6, 6.07) is 10.3. The summed E-state index contributed by atoms with van der Waals surface area (Å²) in [5, 5.41) is 0. The lowest BCUT2D eigenvalue weighted by Crippen LogP contribution is -2.31. The molecule has 1 aliphatic rings. The van der Waals surface area contributed by atoms with Crippen LogP contribution in [-0.2, 0) is 11.3 Å². The van der Waals surface area contributed by atoms with E-state index in [0.29, 0.717) is 18.2 Å². The lowest BCUT2D eigenvalue weighted by Gasteiger charge is -2.22. The monoisotopic (exact) mass is 260 g/mol. The minimum atomic E-state index is 0.306. The number of carbonyl (C=O) groups excluding carboxylic acids is 1. The Labute approximate surface area is 116 Å². The zero-order chi connectivity index (χ0) is 13.7. The van der Waals surface area contributed by atoms with E-state index in [1.54, 1.807) is 0 Å². The largest absolute Gasteiger partial charge is 0.338 e. The van der Waals surface area contributed by atoms with Crippen LogP contribution in [0.1, 0.15) is 25.8 Å². The van der Waals surface area contributed by atoms with E-state index >= 15 is 0 Å². The first-order chi connectivity index (χ1) is 9.22. The van der Waals surface area contributed by atoms with E-state index in [9.17, 15) is 4.79 Å². The fraction of sp³-hybridized carbons (Fsp3) is 0.562. The van der Waals surface area contributed by atoms with Gasteiger partial charge in [0, 0.05) is 26.1 Å². The molecule has 2 rings (SSSR count). The van der Waals surface area contributed by atoms with E-state index in [-0.39, 0.29) is 0 Å². The number of hydrogen-bond acceptors (Lipinski definition) is 2. The van der Waals surface area contributed by atoms with Crippen molar-refractivity contribution in [2.75, 3.05) is 26.2 Å². The van der Waals surface area contributed by atoms with Crippen LogP contribution in [0.5, 0.6) is 0 Å². The molecule has 104 valence electrons. The molecule has 0 aliphatic carbocycles. The summed E-state index contributed by atoms with van der Waals surface area (Å²) in [5.74, 6) is 0.803. The average Bonchev–Trinajstić information content (AvgIpc) is 2.77. The predicted molar refractivity (Wildman–Crippen MR) is 77.8 cm³/mol. The molecule has 1 aromatic rings. The Morgan fingerprint density at radius 3 is 2.53 bits per heavy atom. The average molecular weight is 260 g/mol. The molecule has 0 radical (unpaired) electrons. The van der Waals surface area contributed by atoms with Crippen LogP contribution in [0.4, 0.5) is 0 Å². The van der Waals surface area contributed by atoms with Crippen LogP contribution >= 0.6 is 0 Å².